The summed E-state index contributed by atoms with van der Waals surface area (Å²) >= 11 is 0. The molecular formula is C21H21F4N3O5. The summed E-state index contributed by atoms with van der Waals surface area (Å²) < 4.78 is 61.5. The number of carbonyl (C=O) groups excluding carboxylic acids is 2. The summed E-state index contributed by atoms with van der Waals surface area (Å²) in [5, 5.41) is 19.4. The van der Waals surface area contributed by atoms with Gasteiger partial charge in [-0.2, -0.15) is 0 Å². The van der Waals surface area contributed by atoms with Crippen molar-refractivity contribution in [2.45, 2.75) is 55.7 Å². The fourth-order valence-electron chi connectivity index (χ4n) is 4.49. The van der Waals surface area contributed by atoms with Crippen LogP contribution < -0.4 is 15.4 Å². The number of amides is 2. The lowest BCUT2D eigenvalue weighted by molar-refractivity contribution is -0.132. The van der Waals surface area contributed by atoms with Gasteiger partial charge in [-0.05, 0) is 44.2 Å². The second kappa shape index (κ2) is 8.65. The highest BCUT2D eigenvalue weighted by Crippen LogP contribution is 2.47. The number of rotatable bonds is 7. The van der Waals surface area contributed by atoms with Crippen molar-refractivity contribution in [3.05, 3.63) is 47.4 Å². The smallest absolute Gasteiger partial charge is 0.290 e. The first kappa shape index (κ1) is 23.0. The van der Waals surface area contributed by atoms with Gasteiger partial charge in [0.1, 0.15) is 5.75 Å². The number of ether oxygens (including phenoxy) is 1. The highest BCUT2D eigenvalue weighted by atomic mass is 19.3. The Labute approximate surface area is 185 Å². The Balaban J connectivity index is 1.34. The number of nitrogens with one attached hydrogen (secondary N) is 2. The minimum atomic E-state index is -2.87. The molecule has 3 aliphatic rings. The summed E-state index contributed by atoms with van der Waals surface area (Å²) in [6.07, 6.45) is -2.16. The highest BCUT2D eigenvalue weighted by molar-refractivity contribution is 5.92. The van der Waals surface area contributed by atoms with Crippen molar-refractivity contribution in [2.75, 3.05) is 6.61 Å². The quantitative estimate of drug-likeness (QED) is 0.535. The van der Waals surface area contributed by atoms with Crippen LogP contribution in [0.2, 0.25) is 0 Å². The van der Waals surface area contributed by atoms with Crippen molar-refractivity contribution in [2.24, 2.45) is 0 Å². The molecule has 0 radical (unpaired) electrons. The maximum absolute atomic E-state index is 13.3. The molecule has 0 aliphatic heterocycles. The highest BCUT2D eigenvalue weighted by Gasteiger charge is 2.55. The SMILES string of the molecule is O=C(COc1ccc(F)c(F)c1)NC12CCC(NC(=O)c3cc(C(F)F)no3)(CC1)C[C@@H]2O. The molecule has 12 heteroatoms. The standard InChI is InChI=1S/C21H21F4N3O5/c22-12-2-1-11(7-13(12)23)32-10-17(30)26-21-5-3-20(4-6-21,9-16(21)29)27-19(31)15-8-14(18(24)25)28-33-15/h1-2,7-8,16,18,29H,3-6,9-10H2,(H,26,30)(H,27,31)/t16-,20?,21?/m0/s1. The first-order valence-electron chi connectivity index (χ1n) is 10.3. The van der Waals surface area contributed by atoms with Gasteiger partial charge in [-0.15, -0.1) is 0 Å². The minimum absolute atomic E-state index is 0.0152. The molecule has 2 aromatic rings. The zero-order valence-electron chi connectivity index (χ0n) is 17.2. The molecular weight excluding hydrogens is 450 g/mol. The van der Waals surface area contributed by atoms with Crippen LogP contribution in [0.15, 0.2) is 28.8 Å². The summed E-state index contributed by atoms with van der Waals surface area (Å²) in [4.78, 5) is 24.8. The third-order valence-electron chi connectivity index (χ3n) is 6.33. The molecule has 0 spiro atoms. The Morgan fingerprint density at radius 2 is 1.88 bits per heavy atom. The van der Waals surface area contributed by atoms with Crippen molar-refractivity contribution in [3.63, 3.8) is 0 Å². The van der Waals surface area contributed by atoms with E-state index in [2.05, 4.69) is 20.3 Å². The molecule has 0 unspecified atom stereocenters. The van der Waals surface area contributed by atoms with Crippen molar-refractivity contribution in [1.82, 2.24) is 15.8 Å². The molecule has 5 rings (SSSR count). The Bertz CT molecular complexity index is 1050. The number of alkyl halides is 2. The van der Waals surface area contributed by atoms with E-state index < -0.39 is 59.4 Å². The van der Waals surface area contributed by atoms with E-state index in [0.29, 0.717) is 25.7 Å². The Kier molecular flexibility index (Phi) is 6.04. The number of halogens is 4. The lowest BCUT2D eigenvalue weighted by Gasteiger charge is -2.56. The van der Waals surface area contributed by atoms with Gasteiger partial charge in [-0.25, -0.2) is 17.6 Å². The topological polar surface area (TPSA) is 114 Å². The van der Waals surface area contributed by atoms with Gasteiger partial charge in [0.25, 0.3) is 18.2 Å². The van der Waals surface area contributed by atoms with E-state index in [4.69, 9.17) is 4.74 Å². The molecule has 3 fully saturated rings. The number of aliphatic hydroxyl groups is 1. The third kappa shape index (κ3) is 4.65. The van der Waals surface area contributed by atoms with E-state index >= 15 is 0 Å². The predicted octanol–water partition coefficient (Wildman–Crippen LogP) is 2.63. The Morgan fingerprint density at radius 3 is 2.48 bits per heavy atom. The first-order chi connectivity index (χ1) is 15.6. The number of benzene rings is 1. The molecule has 2 bridgehead atoms. The number of fused-ring (bicyclic) bond motifs is 3. The first-order valence-corrected chi connectivity index (χ1v) is 10.3. The molecule has 1 heterocycles. The van der Waals surface area contributed by atoms with Crippen molar-refractivity contribution >= 4 is 11.8 Å². The molecule has 3 saturated carbocycles. The van der Waals surface area contributed by atoms with Crippen LogP contribution in [0.25, 0.3) is 0 Å². The Morgan fingerprint density at radius 1 is 1.15 bits per heavy atom. The number of aliphatic hydroxyl groups excluding tert-OH is 1. The zero-order valence-corrected chi connectivity index (χ0v) is 17.2. The summed E-state index contributed by atoms with van der Waals surface area (Å²) in [5.74, 6) is -3.75. The third-order valence-corrected chi connectivity index (χ3v) is 6.33. The van der Waals surface area contributed by atoms with Gasteiger partial charge in [-0.1, -0.05) is 5.16 Å². The van der Waals surface area contributed by atoms with E-state index in [1.54, 1.807) is 0 Å². The molecule has 178 valence electrons. The zero-order chi connectivity index (χ0) is 23.8. The maximum Gasteiger partial charge on any atom is 0.290 e. The van der Waals surface area contributed by atoms with Crippen LogP contribution in [-0.2, 0) is 4.79 Å². The van der Waals surface area contributed by atoms with Crippen LogP contribution in [0, 0.1) is 11.6 Å². The van der Waals surface area contributed by atoms with E-state index in [1.807, 2.05) is 0 Å². The Hall–Kier alpha value is -3.15. The predicted molar refractivity (Wildman–Crippen MR) is 103 cm³/mol. The lowest BCUT2D eigenvalue weighted by atomic mass is 9.60. The van der Waals surface area contributed by atoms with Gasteiger partial charge >= 0.3 is 0 Å². The van der Waals surface area contributed by atoms with E-state index in [1.165, 1.54) is 6.07 Å². The van der Waals surface area contributed by atoms with Crippen LogP contribution in [0.3, 0.4) is 0 Å². The van der Waals surface area contributed by atoms with Crippen molar-refractivity contribution in [3.8, 4) is 5.75 Å². The largest absolute Gasteiger partial charge is 0.484 e. The fraction of sp³-hybridized carbons (Fsp3) is 0.476. The van der Waals surface area contributed by atoms with Crippen LogP contribution in [0.4, 0.5) is 17.6 Å². The van der Waals surface area contributed by atoms with Gasteiger partial charge in [0.15, 0.2) is 23.9 Å². The van der Waals surface area contributed by atoms with Crippen LogP contribution >= 0.6 is 0 Å². The molecule has 1 aromatic carbocycles. The molecule has 1 aromatic heterocycles. The number of nitrogens with zero attached hydrogens (tertiary/aromatic N) is 1. The summed E-state index contributed by atoms with van der Waals surface area (Å²) in [6.45, 7) is -0.459. The van der Waals surface area contributed by atoms with Gasteiger partial charge in [0.05, 0.1) is 11.6 Å². The summed E-state index contributed by atoms with van der Waals surface area (Å²) in [7, 11) is 0. The van der Waals surface area contributed by atoms with Gasteiger partial charge in [-0.3, -0.25) is 9.59 Å². The average molecular weight is 471 g/mol. The molecule has 0 saturated heterocycles. The second-order valence-corrected chi connectivity index (χ2v) is 8.44. The summed E-state index contributed by atoms with van der Waals surface area (Å²) in [5.41, 5.74) is -2.34. The molecule has 2 amide bonds. The number of hydrogen-bond donors (Lipinski definition) is 3. The van der Waals surface area contributed by atoms with Gasteiger partial charge < -0.3 is 25.0 Å². The van der Waals surface area contributed by atoms with Crippen LogP contribution in [0.1, 0.15) is 54.8 Å². The molecule has 33 heavy (non-hydrogen) atoms. The van der Waals surface area contributed by atoms with E-state index in [-0.39, 0.29) is 17.9 Å². The second-order valence-electron chi connectivity index (χ2n) is 8.44. The van der Waals surface area contributed by atoms with Gasteiger partial charge in [0.2, 0.25) is 5.76 Å². The average Bonchev–Trinajstić information content (AvgIpc) is 3.27. The molecule has 8 nitrogen and oxygen atoms in total. The summed E-state index contributed by atoms with van der Waals surface area (Å²) in [6, 6.07) is 3.77. The molecule has 1 atom stereocenters. The van der Waals surface area contributed by atoms with E-state index in [0.717, 1.165) is 18.2 Å². The minimum Gasteiger partial charge on any atom is -0.484 e. The normalized spacial score (nSPS) is 26.3. The number of aromatic nitrogens is 1. The number of carbonyl (C=O) groups is 2. The van der Waals surface area contributed by atoms with E-state index in [9.17, 15) is 32.3 Å². The maximum atomic E-state index is 13.3. The molecule has 3 N–H and O–H groups in total. The van der Waals surface area contributed by atoms with Crippen LogP contribution in [-0.4, -0.2) is 45.9 Å². The fourth-order valence-corrected chi connectivity index (χ4v) is 4.49. The monoisotopic (exact) mass is 471 g/mol. The number of hydrogen-bond acceptors (Lipinski definition) is 6. The lowest BCUT2D eigenvalue weighted by Crippen LogP contribution is -2.70. The molecule has 3 aliphatic carbocycles. The van der Waals surface area contributed by atoms with Crippen LogP contribution in [0.5, 0.6) is 5.75 Å². The van der Waals surface area contributed by atoms with Crippen molar-refractivity contribution < 1.29 is 41.5 Å². The van der Waals surface area contributed by atoms with Crippen molar-refractivity contribution in [1.29, 1.82) is 0 Å². The van der Waals surface area contributed by atoms with Gasteiger partial charge in [0, 0.05) is 17.7 Å².